The number of aromatic nitrogens is 4. The van der Waals surface area contributed by atoms with Crippen molar-refractivity contribution >= 4 is 36.3 Å². The van der Waals surface area contributed by atoms with Gasteiger partial charge in [0.2, 0.25) is 5.95 Å². The molecule has 24 heavy (non-hydrogen) atoms. The van der Waals surface area contributed by atoms with Gasteiger partial charge in [-0.1, -0.05) is 24.9 Å². The molecule has 1 aliphatic rings. The van der Waals surface area contributed by atoms with Gasteiger partial charge >= 0.3 is 7.60 Å². The van der Waals surface area contributed by atoms with Crippen molar-refractivity contribution in [3.63, 3.8) is 0 Å². The van der Waals surface area contributed by atoms with E-state index in [0.717, 1.165) is 19.3 Å². The van der Waals surface area contributed by atoms with Gasteiger partial charge in [-0.3, -0.25) is 4.57 Å². The number of nitrogens with two attached hydrogens (primary N) is 1. The molecule has 0 aromatic carbocycles. The van der Waals surface area contributed by atoms with Crippen LogP contribution in [0.4, 0.5) is 5.95 Å². The Labute approximate surface area is 143 Å². The highest BCUT2D eigenvalue weighted by atomic mass is 35.5. The Morgan fingerprint density at radius 3 is 2.96 bits per heavy atom. The summed E-state index contributed by atoms with van der Waals surface area (Å²) in [6.07, 6.45) is 3.59. The zero-order valence-electron chi connectivity index (χ0n) is 13.1. The van der Waals surface area contributed by atoms with E-state index in [1.165, 1.54) is 0 Å². The Morgan fingerprint density at radius 2 is 2.29 bits per heavy atom. The Morgan fingerprint density at radius 1 is 1.54 bits per heavy atom. The summed E-state index contributed by atoms with van der Waals surface area (Å²) in [5.74, 6) is 0.279. The van der Waals surface area contributed by atoms with E-state index < -0.39 is 19.5 Å². The molecule has 0 radical (unpaired) electrons. The smallest absolute Gasteiger partial charge is 0.351 e. The summed E-state index contributed by atoms with van der Waals surface area (Å²) in [5.41, 5.74) is 5.93. The van der Waals surface area contributed by atoms with Crippen LogP contribution in [0.5, 0.6) is 0 Å². The Hall–Kier alpha value is -1.25. The minimum atomic E-state index is -4.24. The number of nitrogen functional groups attached to an aromatic ring is 1. The van der Waals surface area contributed by atoms with E-state index in [2.05, 4.69) is 21.9 Å². The molecule has 0 saturated heterocycles. The van der Waals surface area contributed by atoms with Gasteiger partial charge in [0.05, 0.1) is 18.5 Å². The molecule has 0 bridgehead atoms. The molecule has 9 nitrogen and oxygen atoms in total. The minimum Gasteiger partial charge on any atom is -0.368 e. The fourth-order valence-corrected chi connectivity index (χ4v) is 3.68. The van der Waals surface area contributed by atoms with Gasteiger partial charge in [-0.15, -0.1) is 0 Å². The molecule has 2 heterocycles. The summed E-state index contributed by atoms with van der Waals surface area (Å²) < 4.78 is 18.5. The average Bonchev–Trinajstić information content (AvgIpc) is 2.99. The number of hydrogen-bond donors (Lipinski definition) is 3. The monoisotopic (exact) mass is 375 g/mol. The lowest BCUT2D eigenvalue weighted by Gasteiger charge is -2.20. The SMILES string of the molecule is CCCC1CC1(Cn1cnc2c(Cl)nc(N)nc21)OCP(=O)(O)O. The molecule has 4 N–H and O–H groups in total. The topological polar surface area (TPSA) is 136 Å². The molecule has 0 spiro atoms. The van der Waals surface area contributed by atoms with Crippen LogP contribution in [-0.2, 0) is 15.8 Å². The van der Waals surface area contributed by atoms with E-state index in [-0.39, 0.29) is 17.0 Å². The van der Waals surface area contributed by atoms with Gasteiger partial charge in [-0.25, -0.2) is 4.98 Å². The highest BCUT2D eigenvalue weighted by molar-refractivity contribution is 7.51. The quantitative estimate of drug-likeness (QED) is 0.492. The molecular weight excluding hydrogens is 357 g/mol. The average molecular weight is 376 g/mol. The fraction of sp³-hybridized carbons (Fsp3) is 0.615. The number of imidazole rings is 1. The molecule has 1 aliphatic carbocycles. The molecule has 2 aromatic heterocycles. The van der Waals surface area contributed by atoms with Crippen LogP contribution in [0, 0.1) is 5.92 Å². The summed E-state index contributed by atoms with van der Waals surface area (Å²) in [5, 5.41) is 0.169. The first-order chi connectivity index (χ1) is 11.2. The van der Waals surface area contributed by atoms with Gasteiger partial charge in [0.1, 0.15) is 11.9 Å². The van der Waals surface area contributed by atoms with Crippen LogP contribution >= 0.6 is 19.2 Å². The highest BCUT2D eigenvalue weighted by Gasteiger charge is 2.55. The number of anilines is 1. The summed E-state index contributed by atoms with van der Waals surface area (Å²) in [6.45, 7) is 2.44. The predicted molar refractivity (Wildman–Crippen MR) is 88.5 cm³/mol. The van der Waals surface area contributed by atoms with Crippen LogP contribution < -0.4 is 5.73 Å². The maximum absolute atomic E-state index is 11.2. The van der Waals surface area contributed by atoms with Crippen LogP contribution in [-0.4, -0.2) is 41.3 Å². The van der Waals surface area contributed by atoms with Gasteiger partial charge in [0, 0.05) is 0 Å². The van der Waals surface area contributed by atoms with Crippen LogP contribution in [0.15, 0.2) is 6.33 Å². The Kier molecular flexibility index (Phi) is 4.57. The van der Waals surface area contributed by atoms with Gasteiger partial charge in [0.25, 0.3) is 0 Å². The van der Waals surface area contributed by atoms with E-state index in [0.29, 0.717) is 17.7 Å². The Balaban J connectivity index is 1.87. The van der Waals surface area contributed by atoms with Crippen LogP contribution in [0.3, 0.4) is 0 Å². The molecule has 132 valence electrons. The van der Waals surface area contributed by atoms with Crippen molar-refractivity contribution in [3.05, 3.63) is 11.5 Å². The van der Waals surface area contributed by atoms with E-state index in [1.54, 1.807) is 10.9 Å². The number of rotatable bonds is 7. The number of fused-ring (bicyclic) bond motifs is 1. The highest BCUT2D eigenvalue weighted by Crippen LogP contribution is 2.53. The third kappa shape index (κ3) is 3.55. The van der Waals surface area contributed by atoms with Crippen molar-refractivity contribution in [2.45, 2.75) is 38.3 Å². The summed E-state index contributed by atoms with van der Waals surface area (Å²) in [7, 11) is -4.24. The van der Waals surface area contributed by atoms with Crippen molar-refractivity contribution in [3.8, 4) is 0 Å². The number of nitrogens with zero attached hydrogens (tertiary/aromatic N) is 4. The molecule has 1 saturated carbocycles. The normalized spacial score (nSPS) is 23.8. The van der Waals surface area contributed by atoms with Crippen LogP contribution in [0.25, 0.3) is 11.2 Å². The van der Waals surface area contributed by atoms with Gasteiger partial charge in [-0.05, 0) is 18.8 Å². The van der Waals surface area contributed by atoms with Gasteiger partial charge in [0.15, 0.2) is 10.8 Å². The second-order valence-electron chi connectivity index (χ2n) is 6.11. The standard InChI is InChI=1S/C13H19ClN5O4P/c1-2-3-8-4-13(8,23-7-24(20,21)22)5-19-6-16-9-10(14)17-12(15)18-11(9)19/h6,8H,2-5,7H2,1H3,(H2,15,17,18)(H2,20,21,22). The van der Waals surface area contributed by atoms with Crippen molar-refractivity contribution in [2.24, 2.45) is 5.92 Å². The maximum Gasteiger partial charge on any atom is 0.351 e. The zero-order chi connectivity index (χ0) is 17.5. The van der Waals surface area contributed by atoms with Crippen molar-refractivity contribution in [1.82, 2.24) is 19.5 Å². The first kappa shape index (κ1) is 17.6. The van der Waals surface area contributed by atoms with E-state index >= 15 is 0 Å². The second kappa shape index (κ2) is 6.24. The summed E-state index contributed by atoms with van der Waals surface area (Å²) >= 11 is 6.02. The van der Waals surface area contributed by atoms with Crippen molar-refractivity contribution in [1.29, 1.82) is 0 Å². The van der Waals surface area contributed by atoms with Gasteiger partial charge in [-0.2, -0.15) is 9.97 Å². The van der Waals surface area contributed by atoms with Crippen LogP contribution in [0.1, 0.15) is 26.2 Å². The van der Waals surface area contributed by atoms with Gasteiger partial charge < -0.3 is 24.8 Å². The molecule has 11 heteroatoms. The first-order valence-corrected chi connectivity index (χ1v) is 9.74. The number of hydrogen-bond acceptors (Lipinski definition) is 6. The molecular formula is C13H19ClN5O4P. The second-order valence-corrected chi connectivity index (χ2v) is 8.06. The molecule has 2 unspecified atom stereocenters. The lowest BCUT2D eigenvalue weighted by atomic mass is 10.1. The lowest BCUT2D eigenvalue weighted by Crippen LogP contribution is -2.25. The molecule has 2 aromatic rings. The zero-order valence-corrected chi connectivity index (χ0v) is 14.7. The molecule has 1 fully saturated rings. The molecule has 2 atom stereocenters. The summed E-state index contributed by atoms with van der Waals surface area (Å²) in [6, 6.07) is 0. The van der Waals surface area contributed by atoms with Crippen molar-refractivity contribution in [2.75, 3.05) is 12.1 Å². The van der Waals surface area contributed by atoms with Crippen LogP contribution in [0.2, 0.25) is 5.15 Å². The number of ether oxygens (including phenoxy) is 1. The largest absolute Gasteiger partial charge is 0.368 e. The molecule has 0 aliphatic heterocycles. The third-order valence-electron chi connectivity index (χ3n) is 4.21. The maximum atomic E-state index is 11.2. The summed E-state index contributed by atoms with van der Waals surface area (Å²) in [4.78, 5) is 30.4. The van der Waals surface area contributed by atoms with E-state index in [1.807, 2.05) is 0 Å². The lowest BCUT2D eigenvalue weighted by molar-refractivity contribution is 0.0274. The minimum absolute atomic E-state index is 0.0420. The third-order valence-corrected chi connectivity index (χ3v) is 4.94. The molecule has 3 rings (SSSR count). The van der Waals surface area contributed by atoms with E-state index in [9.17, 15) is 4.57 Å². The number of halogens is 1. The van der Waals surface area contributed by atoms with Crippen molar-refractivity contribution < 1.29 is 19.1 Å². The van der Waals surface area contributed by atoms with E-state index in [4.69, 9.17) is 31.9 Å². The predicted octanol–water partition coefficient (Wildman–Crippen LogP) is 1.77. The Bertz CT molecular complexity index is 809. The first-order valence-electron chi connectivity index (χ1n) is 7.56. The fourth-order valence-electron chi connectivity index (χ4n) is 3.03. The molecule has 0 amide bonds.